The second kappa shape index (κ2) is 7.50. The molecule has 1 aromatic rings. The number of benzene rings is 1. The predicted octanol–water partition coefficient (Wildman–Crippen LogP) is 6.15. The average molecular weight is 332 g/mol. The summed E-state index contributed by atoms with van der Waals surface area (Å²) in [6.45, 7) is 3.91. The smallest absolute Gasteiger partial charge is 0.201 e. The van der Waals surface area contributed by atoms with Crippen molar-refractivity contribution in [1.82, 2.24) is 0 Å². The molecule has 0 N–H and O–H groups in total. The minimum Gasteiger partial charge on any atom is -0.494 e. The minimum absolute atomic E-state index is 0.0375. The Kier molecular flexibility index (Phi) is 5.37. The van der Waals surface area contributed by atoms with Crippen LogP contribution in [0.5, 0.6) is 5.75 Å². The Labute approximate surface area is 143 Å². The summed E-state index contributed by atoms with van der Waals surface area (Å²) < 4.78 is 33.0. The van der Waals surface area contributed by atoms with Crippen LogP contribution in [-0.2, 0) is 0 Å². The topological polar surface area (TPSA) is 9.23 Å². The lowest BCUT2D eigenvalue weighted by Gasteiger charge is -2.34. The maximum Gasteiger partial charge on any atom is 0.201 e. The summed E-state index contributed by atoms with van der Waals surface area (Å²) in [5.74, 6) is 0.435. The van der Waals surface area contributed by atoms with Gasteiger partial charge in [-0.2, -0.15) is 4.39 Å². The summed E-state index contributed by atoms with van der Waals surface area (Å²) in [6, 6.07) is 3.15. The number of hydrogen-bond donors (Lipinski definition) is 0. The molecule has 130 valence electrons. The second-order valence-corrected chi connectivity index (χ2v) is 7.12. The average Bonchev–Trinajstić information content (AvgIpc) is 2.64. The van der Waals surface area contributed by atoms with Gasteiger partial charge in [-0.25, -0.2) is 4.39 Å². The second-order valence-electron chi connectivity index (χ2n) is 7.12. The molecule has 1 nitrogen and oxygen atoms in total. The van der Waals surface area contributed by atoms with E-state index in [9.17, 15) is 8.78 Å². The largest absolute Gasteiger partial charge is 0.494 e. The van der Waals surface area contributed by atoms with E-state index in [0.29, 0.717) is 17.4 Å². The lowest BCUT2D eigenvalue weighted by Crippen LogP contribution is -2.22. The zero-order valence-electron chi connectivity index (χ0n) is 14.4. The van der Waals surface area contributed by atoms with Gasteiger partial charge in [-0.05, 0) is 80.4 Å². The van der Waals surface area contributed by atoms with Crippen LogP contribution in [0, 0.1) is 29.4 Å². The van der Waals surface area contributed by atoms with Gasteiger partial charge in [0.25, 0.3) is 0 Å². The van der Waals surface area contributed by atoms with Crippen LogP contribution >= 0.6 is 0 Å². The van der Waals surface area contributed by atoms with Gasteiger partial charge in [0.2, 0.25) is 5.82 Å². The molecular weight excluding hydrogens is 306 g/mol. The van der Waals surface area contributed by atoms with Crippen molar-refractivity contribution in [3.8, 4) is 5.75 Å². The molecule has 0 aromatic heterocycles. The normalized spacial score (nSPS) is 27.5. The molecule has 24 heavy (non-hydrogen) atoms. The number of rotatable bonds is 4. The fourth-order valence-corrected chi connectivity index (χ4v) is 4.32. The van der Waals surface area contributed by atoms with Crippen molar-refractivity contribution >= 4 is 5.57 Å². The van der Waals surface area contributed by atoms with E-state index >= 15 is 0 Å². The predicted molar refractivity (Wildman–Crippen MR) is 93.9 cm³/mol. The van der Waals surface area contributed by atoms with Gasteiger partial charge in [0.15, 0.2) is 11.6 Å². The molecule has 3 heteroatoms. The molecule has 0 spiro atoms. The summed E-state index contributed by atoms with van der Waals surface area (Å²) >= 11 is 0. The number of ether oxygens (including phenoxy) is 1. The fraction of sp³-hybridized carbons (Fsp3) is 0.524. The number of halogens is 2. The van der Waals surface area contributed by atoms with E-state index in [1.165, 1.54) is 38.9 Å². The molecule has 0 aliphatic heterocycles. The summed E-state index contributed by atoms with van der Waals surface area (Å²) in [6.07, 6.45) is 12.1. The van der Waals surface area contributed by atoms with Crippen LogP contribution in [0.4, 0.5) is 8.78 Å². The van der Waals surface area contributed by atoms with E-state index in [4.69, 9.17) is 4.74 Å². The van der Waals surface area contributed by atoms with E-state index in [1.54, 1.807) is 6.07 Å². The van der Waals surface area contributed by atoms with Gasteiger partial charge in [0, 0.05) is 5.56 Å². The van der Waals surface area contributed by atoms with Crippen LogP contribution in [0.2, 0.25) is 0 Å². The van der Waals surface area contributed by atoms with Gasteiger partial charge in [-0.3, -0.25) is 0 Å². The van der Waals surface area contributed by atoms with Gasteiger partial charge in [-0.15, -0.1) is 6.58 Å². The standard InChI is InChI=1S/C21H26F2O/c1-3-14-4-6-15(7-5-14)16-8-10-17(11-9-16)18-12-13-19(24-2)21(23)20(18)22/h3,10,12-16H,1,4-9,11H2,2H3. The summed E-state index contributed by atoms with van der Waals surface area (Å²) in [7, 11) is 1.35. The van der Waals surface area contributed by atoms with Crippen LogP contribution in [0.3, 0.4) is 0 Å². The number of methoxy groups -OCH3 is 1. The highest BCUT2D eigenvalue weighted by molar-refractivity contribution is 5.67. The molecule has 0 radical (unpaired) electrons. The highest BCUT2D eigenvalue weighted by atomic mass is 19.2. The monoisotopic (exact) mass is 332 g/mol. The Hall–Kier alpha value is -1.64. The maximum absolute atomic E-state index is 14.3. The van der Waals surface area contributed by atoms with E-state index in [1.807, 2.05) is 0 Å². The van der Waals surface area contributed by atoms with Gasteiger partial charge in [0.1, 0.15) is 0 Å². The molecule has 0 saturated heterocycles. The lowest BCUT2D eigenvalue weighted by molar-refractivity contribution is 0.212. The molecule has 0 heterocycles. The van der Waals surface area contributed by atoms with Crippen LogP contribution in [0.25, 0.3) is 5.57 Å². The fourth-order valence-electron chi connectivity index (χ4n) is 4.32. The zero-order chi connectivity index (χ0) is 17.1. The summed E-state index contributed by atoms with van der Waals surface area (Å²) in [5.41, 5.74) is 1.33. The Balaban J connectivity index is 1.68. The van der Waals surface area contributed by atoms with E-state index in [0.717, 1.165) is 30.8 Å². The number of allylic oxidation sites excluding steroid dienone is 3. The molecular formula is C21H26F2O. The van der Waals surface area contributed by atoms with Crippen LogP contribution in [0.15, 0.2) is 30.9 Å². The third-order valence-electron chi connectivity index (χ3n) is 5.88. The first kappa shape index (κ1) is 17.2. The lowest BCUT2D eigenvalue weighted by atomic mass is 9.71. The Morgan fingerprint density at radius 2 is 1.79 bits per heavy atom. The first-order valence-corrected chi connectivity index (χ1v) is 8.98. The molecule has 2 aliphatic rings. The van der Waals surface area contributed by atoms with Gasteiger partial charge < -0.3 is 4.74 Å². The van der Waals surface area contributed by atoms with E-state index in [2.05, 4.69) is 18.7 Å². The van der Waals surface area contributed by atoms with Crippen molar-refractivity contribution in [2.45, 2.75) is 44.9 Å². The van der Waals surface area contributed by atoms with Crippen molar-refractivity contribution in [1.29, 1.82) is 0 Å². The van der Waals surface area contributed by atoms with E-state index in [-0.39, 0.29) is 5.75 Å². The molecule has 2 aliphatic carbocycles. The van der Waals surface area contributed by atoms with E-state index < -0.39 is 11.6 Å². The molecule has 1 fully saturated rings. The van der Waals surface area contributed by atoms with Gasteiger partial charge in [0.05, 0.1) is 7.11 Å². The highest BCUT2D eigenvalue weighted by Gasteiger charge is 2.28. The van der Waals surface area contributed by atoms with Gasteiger partial charge >= 0.3 is 0 Å². The molecule has 1 unspecified atom stereocenters. The molecule has 3 rings (SSSR count). The quantitative estimate of drug-likeness (QED) is 0.601. The zero-order valence-corrected chi connectivity index (χ0v) is 14.4. The van der Waals surface area contributed by atoms with Crippen molar-refractivity contribution in [2.75, 3.05) is 7.11 Å². The Morgan fingerprint density at radius 1 is 1.04 bits per heavy atom. The first-order chi connectivity index (χ1) is 11.6. The Morgan fingerprint density at radius 3 is 2.38 bits per heavy atom. The molecule has 0 amide bonds. The first-order valence-electron chi connectivity index (χ1n) is 8.98. The van der Waals surface area contributed by atoms with Crippen molar-refractivity contribution in [3.63, 3.8) is 0 Å². The van der Waals surface area contributed by atoms with Crippen molar-refractivity contribution in [3.05, 3.63) is 48.1 Å². The third kappa shape index (κ3) is 3.40. The molecule has 1 aromatic carbocycles. The number of hydrogen-bond acceptors (Lipinski definition) is 1. The summed E-state index contributed by atoms with van der Waals surface area (Å²) in [4.78, 5) is 0. The molecule has 1 saturated carbocycles. The SMILES string of the molecule is C=CC1CCC(C2CC=C(c3ccc(OC)c(F)c3F)CC2)CC1. The molecule has 1 atom stereocenters. The van der Waals surface area contributed by atoms with Crippen LogP contribution in [0.1, 0.15) is 50.5 Å². The Bertz CT molecular complexity index is 627. The van der Waals surface area contributed by atoms with Crippen molar-refractivity contribution < 1.29 is 13.5 Å². The summed E-state index contributed by atoms with van der Waals surface area (Å²) in [5, 5.41) is 0. The van der Waals surface area contributed by atoms with Crippen LogP contribution < -0.4 is 4.74 Å². The minimum atomic E-state index is -0.888. The highest BCUT2D eigenvalue weighted by Crippen LogP contribution is 2.42. The van der Waals surface area contributed by atoms with Crippen LogP contribution in [-0.4, -0.2) is 7.11 Å². The third-order valence-corrected chi connectivity index (χ3v) is 5.88. The maximum atomic E-state index is 14.3. The van der Waals surface area contributed by atoms with Crippen molar-refractivity contribution in [2.24, 2.45) is 17.8 Å². The molecule has 0 bridgehead atoms. The van der Waals surface area contributed by atoms with Gasteiger partial charge in [-0.1, -0.05) is 12.2 Å².